The number of aliphatic carboxylic acids is 1. The van der Waals surface area contributed by atoms with E-state index in [2.05, 4.69) is 11.4 Å². The minimum absolute atomic E-state index is 0.141. The Morgan fingerprint density at radius 2 is 2.18 bits per heavy atom. The third kappa shape index (κ3) is 2.90. The van der Waals surface area contributed by atoms with Crippen molar-refractivity contribution in [2.24, 2.45) is 5.92 Å². The molecule has 5 nitrogen and oxygen atoms in total. The van der Waals surface area contributed by atoms with E-state index >= 15 is 0 Å². The van der Waals surface area contributed by atoms with Crippen LogP contribution in [-0.4, -0.2) is 52.5 Å². The molecule has 22 heavy (non-hydrogen) atoms. The first-order valence-electron chi connectivity index (χ1n) is 7.88. The SMILES string of the molecule is CC(C(=O)N1CCCC1c1cccs1)N1CCC(C(=O)O)C1. The van der Waals surface area contributed by atoms with Crippen LogP contribution >= 0.6 is 11.3 Å². The Labute approximate surface area is 134 Å². The van der Waals surface area contributed by atoms with Crippen LogP contribution in [0, 0.1) is 5.92 Å². The van der Waals surface area contributed by atoms with Crippen LogP contribution in [0.15, 0.2) is 17.5 Å². The van der Waals surface area contributed by atoms with Gasteiger partial charge in [-0.1, -0.05) is 6.07 Å². The molecule has 3 rings (SSSR count). The van der Waals surface area contributed by atoms with Gasteiger partial charge in [0, 0.05) is 18.0 Å². The summed E-state index contributed by atoms with van der Waals surface area (Å²) in [4.78, 5) is 29.2. The number of thiophene rings is 1. The zero-order valence-corrected chi connectivity index (χ0v) is 13.6. The molecule has 0 aromatic carbocycles. The van der Waals surface area contributed by atoms with Crippen molar-refractivity contribution >= 4 is 23.2 Å². The van der Waals surface area contributed by atoms with Crippen molar-refractivity contribution in [3.05, 3.63) is 22.4 Å². The molecular weight excluding hydrogens is 300 g/mol. The Kier molecular flexibility index (Phi) is 4.49. The van der Waals surface area contributed by atoms with Crippen molar-refractivity contribution in [2.75, 3.05) is 19.6 Å². The van der Waals surface area contributed by atoms with E-state index in [1.54, 1.807) is 11.3 Å². The maximum absolute atomic E-state index is 12.9. The topological polar surface area (TPSA) is 60.9 Å². The minimum atomic E-state index is -0.750. The smallest absolute Gasteiger partial charge is 0.307 e. The van der Waals surface area contributed by atoms with Gasteiger partial charge in [0.25, 0.3) is 0 Å². The second-order valence-corrected chi connectivity index (χ2v) is 7.18. The van der Waals surface area contributed by atoms with Crippen molar-refractivity contribution in [3.8, 4) is 0 Å². The Hall–Kier alpha value is -1.40. The molecule has 2 aliphatic rings. The summed E-state index contributed by atoms with van der Waals surface area (Å²) >= 11 is 1.70. The van der Waals surface area contributed by atoms with Crippen molar-refractivity contribution in [3.63, 3.8) is 0 Å². The standard InChI is InChI=1S/C16H22N2O3S/c1-11(17-8-6-12(10-17)16(20)21)15(19)18-7-2-4-13(18)14-5-3-9-22-14/h3,5,9,11-13H,2,4,6-8,10H2,1H3,(H,20,21). The van der Waals surface area contributed by atoms with E-state index in [0.717, 1.165) is 19.4 Å². The van der Waals surface area contributed by atoms with Crippen LogP contribution < -0.4 is 0 Å². The number of carbonyl (C=O) groups is 2. The molecule has 1 aromatic rings. The van der Waals surface area contributed by atoms with Crippen LogP contribution in [0.5, 0.6) is 0 Å². The van der Waals surface area contributed by atoms with Crippen LogP contribution in [0.25, 0.3) is 0 Å². The third-order valence-corrected chi connectivity index (χ3v) is 5.86. The molecule has 3 atom stereocenters. The molecule has 2 aliphatic heterocycles. The Bertz CT molecular complexity index is 546. The quantitative estimate of drug-likeness (QED) is 0.923. The van der Waals surface area contributed by atoms with Crippen LogP contribution in [-0.2, 0) is 9.59 Å². The highest BCUT2D eigenvalue weighted by Gasteiger charge is 2.38. The zero-order chi connectivity index (χ0) is 15.7. The number of hydrogen-bond acceptors (Lipinski definition) is 4. The number of carboxylic acids is 1. The highest BCUT2D eigenvalue weighted by molar-refractivity contribution is 7.10. The zero-order valence-electron chi connectivity index (χ0n) is 12.8. The first-order chi connectivity index (χ1) is 10.6. The molecule has 0 aliphatic carbocycles. The molecule has 1 amide bonds. The fraction of sp³-hybridized carbons (Fsp3) is 0.625. The lowest BCUT2D eigenvalue weighted by atomic mass is 10.1. The van der Waals surface area contributed by atoms with E-state index in [-0.39, 0.29) is 23.9 Å². The predicted molar refractivity (Wildman–Crippen MR) is 84.8 cm³/mol. The summed E-state index contributed by atoms with van der Waals surface area (Å²) in [7, 11) is 0. The molecule has 1 aromatic heterocycles. The van der Waals surface area contributed by atoms with Crippen LogP contribution in [0.2, 0.25) is 0 Å². The molecule has 120 valence electrons. The predicted octanol–water partition coefficient (Wildman–Crippen LogP) is 2.21. The van der Waals surface area contributed by atoms with Gasteiger partial charge >= 0.3 is 5.97 Å². The normalized spacial score (nSPS) is 27.2. The fourth-order valence-electron chi connectivity index (χ4n) is 3.54. The molecule has 3 heterocycles. The molecule has 2 saturated heterocycles. The summed E-state index contributed by atoms with van der Waals surface area (Å²) in [5.74, 6) is -0.941. The van der Waals surface area contributed by atoms with Gasteiger partial charge in [-0.25, -0.2) is 0 Å². The average molecular weight is 322 g/mol. The lowest BCUT2D eigenvalue weighted by Crippen LogP contribution is -2.46. The van der Waals surface area contributed by atoms with Gasteiger partial charge in [-0.05, 0) is 44.2 Å². The average Bonchev–Trinajstić information content (AvgIpc) is 3.24. The molecule has 3 unspecified atom stereocenters. The number of likely N-dealkylation sites (tertiary alicyclic amines) is 2. The Balaban J connectivity index is 1.67. The second-order valence-electron chi connectivity index (χ2n) is 6.20. The maximum atomic E-state index is 12.9. The van der Waals surface area contributed by atoms with Crippen molar-refractivity contribution in [1.82, 2.24) is 9.80 Å². The van der Waals surface area contributed by atoms with Crippen molar-refractivity contribution < 1.29 is 14.7 Å². The summed E-state index contributed by atoms with van der Waals surface area (Å²) in [5, 5.41) is 11.2. The molecular formula is C16H22N2O3S. The van der Waals surface area contributed by atoms with E-state index in [4.69, 9.17) is 5.11 Å². The second kappa shape index (κ2) is 6.38. The number of carboxylic acid groups (broad SMARTS) is 1. The van der Waals surface area contributed by atoms with Gasteiger partial charge in [0.15, 0.2) is 0 Å². The molecule has 0 saturated carbocycles. The summed E-state index contributed by atoms with van der Waals surface area (Å²) in [6.07, 6.45) is 2.71. The number of carbonyl (C=O) groups excluding carboxylic acids is 1. The Morgan fingerprint density at radius 3 is 2.82 bits per heavy atom. The van der Waals surface area contributed by atoms with E-state index in [1.165, 1.54) is 4.88 Å². The maximum Gasteiger partial charge on any atom is 0.307 e. The van der Waals surface area contributed by atoms with Gasteiger partial charge in [-0.2, -0.15) is 0 Å². The van der Waals surface area contributed by atoms with Crippen LogP contribution in [0.1, 0.15) is 37.1 Å². The van der Waals surface area contributed by atoms with E-state index in [0.29, 0.717) is 19.5 Å². The van der Waals surface area contributed by atoms with Crippen molar-refractivity contribution in [2.45, 2.75) is 38.3 Å². The Morgan fingerprint density at radius 1 is 1.36 bits per heavy atom. The molecule has 0 bridgehead atoms. The molecule has 0 radical (unpaired) electrons. The van der Waals surface area contributed by atoms with E-state index in [1.807, 2.05) is 22.8 Å². The summed E-state index contributed by atoms with van der Waals surface area (Å²) in [6.45, 7) is 3.90. The summed E-state index contributed by atoms with van der Waals surface area (Å²) in [6, 6.07) is 4.10. The minimum Gasteiger partial charge on any atom is -0.481 e. The van der Waals surface area contributed by atoms with Gasteiger partial charge in [0.05, 0.1) is 18.0 Å². The lowest BCUT2D eigenvalue weighted by Gasteiger charge is -2.31. The molecule has 0 spiro atoms. The van der Waals surface area contributed by atoms with Gasteiger partial charge in [-0.3, -0.25) is 14.5 Å². The van der Waals surface area contributed by atoms with Gasteiger partial charge in [0.1, 0.15) is 0 Å². The molecule has 6 heteroatoms. The fourth-order valence-corrected chi connectivity index (χ4v) is 4.42. The molecule has 2 fully saturated rings. The largest absolute Gasteiger partial charge is 0.481 e. The van der Waals surface area contributed by atoms with Crippen LogP contribution in [0.3, 0.4) is 0 Å². The summed E-state index contributed by atoms with van der Waals surface area (Å²) < 4.78 is 0. The highest BCUT2D eigenvalue weighted by atomic mass is 32.1. The first kappa shape index (κ1) is 15.5. The number of rotatable bonds is 4. The monoisotopic (exact) mass is 322 g/mol. The van der Waals surface area contributed by atoms with Gasteiger partial charge < -0.3 is 10.0 Å². The number of nitrogens with zero attached hydrogens (tertiary/aromatic N) is 2. The van der Waals surface area contributed by atoms with Crippen LogP contribution in [0.4, 0.5) is 0 Å². The summed E-state index contributed by atoms with van der Waals surface area (Å²) in [5.41, 5.74) is 0. The van der Waals surface area contributed by atoms with Crippen molar-refractivity contribution in [1.29, 1.82) is 0 Å². The van der Waals surface area contributed by atoms with Gasteiger partial charge in [0.2, 0.25) is 5.91 Å². The molecule has 1 N–H and O–H groups in total. The van der Waals surface area contributed by atoms with Gasteiger partial charge in [-0.15, -0.1) is 11.3 Å². The van der Waals surface area contributed by atoms with E-state index < -0.39 is 5.97 Å². The number of amides is 1. The number of hydrogen-bond donors (Lipinski definition) is 1. The third-order valence-electron chi connectivity index (χ3n) is 4.88. The van der Waals surface area contributed by atoms with E-state index in [9.17, 15) is 9.59 Å². The lowest BCUT2D eigenvalue weighted by molar-refractivity contribution is -0.142. The highest BCUT2D eigenvalue weighted by Crippen LogP contribution is 2.35. The first-order valence-corrected chi connectivity index (χ1v) is 8.76.